The van der Waals surface area contributed by atoms with Crippen molar-refractivity contribution in [2.75, 3.05) is 12.0 Å². The van der Waals surface area contributed by atoms with Crippen LogP contribution in [0.2, 0.25) is 5.02 Å². The fourth-order valence-electron chi connectivity index (χ4n) is 4.31. The van der Waals surface area contributed by atoms with Crippen molar-refractivity contribution in [3.63, 3.8) is 0 Å². The molecular weight excluding hydrogens is 512 g/mol. The number of carbonyl (C=O) groups is 3. The van der Waals surface area contributed by atoms with E-state index in [4.69, 9.17) is 16.3 Å². The number of aliphatic hydroxyl groups excluding tert-OH is 1. The molecule has 1 unspecified atom stereocenters. The van der Waals surface area contributed by atoms with Crippen LogP contribution in [-0.4, -0.2) is 34.9 Å². The quantitative estimate of drug-likeness (QED) is 0.148. The first-order valence-corrected chi connectivity index (χ1v) is 12.7. The van der Waals surface area contributed by atoms with Gasteiger partial charge in [0.25, 0.3) is 5.78 Å². The number of fused-ring (bicyclic) bond motifs is 1. The first-order valence-electron chi connectivity index (χ1n) is 11.5. The Labute approximate surface area is 221 Å². The van der Waals surface area contributed by atoms with E-state index in [1.165, 1.54) is 23.3 Å². The number of methoxy groups -OCH3 is 1. The molecule has 0 saturated carbocycles. The van der Waals surface area contributed by atoms with E-state index in [-0.39, 0.29) is 11.3 Å². The molecule has 7 nitrogen and oxygen atoms in total. The van der Waals surface area contributed by atoms with Crippen LogP contribution in [0.5, 0.6) is 0 Å². The smallest absolute Gasteiger partial charge is 0.337 e. The van der Waals surface area contributed by atoms with Gasteiger partial charge in [-0.15, -0.1) is 0 Å². The van der Waals surface area contributed by atoms with Crippen molar-refractivity contribution in [1.82, 2.24) is 4.98 Å². The summed E-state index contributed by atoms with van der Waals surface area (Å²) in [7, 11) is 1.29. The minimum absolute atomic E-state index is 0.0772. The Morgan fingerprint density at radius 3 is 2.38 bits per heavy atom. The molecule has 2 heterocycles. The van der Waals surface area contributed by atoms with Crippen molar-refractivity contribution in [2.45, 2.75) is 19.4 Å². The van der Waals surface area contributed by atoms with E-state index in [0.29, 0.717) is 32.4 Å². The zero-order valence-electron chi connectivity index (χ0n) is 19.9. The number of amides is 1. The number of halogens is 1. The number of aryl methyl sites for hydroxylation is 1. The lowest BCUT2D eigenvalue weighted by molar-refractivity contribution is -0.132. The molecule has 1 aliphatic rings. The molecule has 0 aliphatic carbocycles. The molecule has 5 rings (SSSR count). The molecule has 37 heavy (non-hydrogen) atoms. The number of esters is 1. The van der Waals surface area contributed by atoms with Gasteiger partial charge in [0.05, 0.1) is 34.5 Å². The van der Waals surface area contributed by atoms with Crippen molar-refractivity contribution < 1.29 is 24.2 Å². The third kappa shape index (κ3) is 4.39. The molecular formula is C28H21ClN2O5S. The lowest BCUT2D eigenvalue weighted by Crippen LogP contribution is -2.29. The van der Waals surface area contributed by atoms with Crippen LogP contribution < -0.4 is 4.90 Å². The molecule has 1 fully saturated rings. The van der Waals surface area contributed by atoms with Gasteiger partial charge in [0.15, 0.2) is 5.13 Å². The van der Waals surface area contributed by atoms with Crippen molar-refractivity contribution >= 4 is 61.7 Å². The van der Waals surface area contributed by atoms with Gasteiger partial charge in [-0.2, -0.15) is 0 Å². The SMILES string of the molecule is CCc1ccc2nc(N3C(=O)C(=O)C(=C(O)c4ccc(Cl)cc4)C3c3ccc(C(=O)OC)cc3)sc2c1. The average molecular weight is 533 g/mol. The maximum atomic E-state index is 13.4. The first kappa shape index (κ1) is 24.7. The summed E-state index contributed by atoms with van der Waals surface area (Å²) < 4.78 is 5.66. The third-order valence-electron chi connectivity index (χ3n) is 6.27. The number of ketones is 1. The predicted molar refractivity (Wildman–Crippen MR) is 143 cm³/mol. The van der Waals surface area contributed by atoms with E-state index >= 15 is 0 Å². The summed E-state index contributed by atoms with van der Waals surface area (Å²) in [6.07, 6.45) is 0.849. The van der Waals surface area contributed by atoms with Crippen molar-refractivity contribution in [2.24, 2.45) is 0 Å². The molecule has 1 amide bonds. The van der Waals surface area contributed by atoms with E-state index < -0.39 is 23.7 Å². The number of hydrogen-bond donors (Lipinski definition) is 1. The highest BCUT2D eigenvalue weighted by molar-refractivity contribution is 7.22. The van der Waals surface area contributed by atoms with Crippen molar-refractivity contribution in [3.05, 3.63) is 99.6 Å². The number of nitrogens with zero attached hydrogens (tertiary/aromatic N) is 2. The average Bonchev–Trinajstić information content (AvgIpc) is 3.45. The zero-order valence-corrected chi connectivity index (χ0v) is 21.5. The van der Waals surface area contributed by atoms with Gasteiger partial charge >= 0.3 is 11.9 Å². The molecule has 0 bridgehead atoms. The number of ether oxygens (including phenoxy) is 1. The molecule has 0 spiro atoms. The Morgan fingerprint density at radius 2 is 1.73 bits per heavy atom. The monoisotopic (exact) mass is 532 g/mol. The van der Waals surface area contributed by atoms with Crippen LogP contribution in [0.4, 0.5) is 5.13 Å². The second-order valence-electron chi connectivity index (χ2n) is 8.44. The standard InChI is InChI=1S/C28H21ClN2O5S/c1-3-15-4-13-20-21(14-15)37-28(30-20)31-23(16-5-7-18(8-6-16)27(35)36-2)22(25(33)26(31)34)24(32)17-9-11-19(29)12-10-17/h4-14,23,32H,3H2,1-2H3. The highest BCUT2D eigenvalue weighted by atomic mass is 35.5. The minimum Gasteiger partial charge on any atom is -0.507 e. The highest BCUT2D eigenvalue weighted by Gasteiger charge is 2.48. The van der Waals surface area contributed by atoms with Crippen molar-refractivity contribution in [3.8, 4) is 0 Å². The van der Waals surface area contributed by atoms with E-state index in [1.54, 1.807) is 48.5 Å². The minimum atomic E-state index is -0.964. The van der Waals surface area contributed by atoms with Crippen LogP contribution in [0.1, 0.15) is 40.0 Å². The molecule has 1 saturated heterocycles. The van der Waals surface area contributed by atoms with E-state index in [1.807, 2.05) is 18.2 Å². The number of hydrogen-bond acceptors (Lipinski definition) is 7. The predicted octanol–water partition coefficient (Wildman–Crippen LogP) is 5.93. The summed E-state index contributed by atoms with van der Waals surface area (Å²) in [6, 6.07) is 17.6. The molecule has 0 radical (unpaired) electrons. The maximum Gasteiger partial charge on any atom is 0.337 e. The molecule has 1 aliphatic heterocycles. The number of Topliss-reactive ketones (excluding diaryl/α,β-unsaturated/α-hetero) is 1. The Bertz CT molecular complexity index is 1570. The molecule has 4 aromatic rings. The normalized spacial score (nSPS) is 16.9. The molecule has 186 valence electrons. The first-order chi connectivity index (χ1) is 17.8. The summed E-state index contributed by atoms with van der Waals surface area (Å²) in [5.41, 5.74) is 2.94. The molecule has 1 atom stereocenters. The maximum absolute atomic E-state index is 13.4. The summed E-state index contributed by atoms with van der Waals surface area (Å²) in [4.78, 5) is 44.7. The summed E-state index contributed by atoms with van der Waals surface area (Å²) in [5.74, 6) is -2.47. The fraction of sp³-hybridized carbons (Fsp3) is 0.143. The Balaban J connectivity index is 1.70. The number of carbonyl (C=O) groups excluding carboxylic acids is 3. The largest absolute Gasteiger partial charge is 0.507 e. The second kappa shape index (κ2) is 9.80. The summed E-state index contributed by atoms with van der Waals surface area (Å²) in [6.45, 7) is 2.05. The van der Waals surface area contributed by atoms with Crippen LogP contribution in [0.25, 0.3) is 16.0 Å². The van der Waals surface area contributed by atoms with E-state index in [9.17, 15) is 19.5 Å². The van der Waals surface area contributed by atoms with Gasteiger partial charge in [0, 0.05) is 10.6 Å². The lowest BCUT2D eigenvalue weighted by Gasteiger charge is -2.23. The van der Waals surface area contributed by atoms with Gasteiger partial charge in [0.1, 0.15) is 5.76 Å². The number of rotatable bonds is 5. The van der Waals surface area contributed by atoms with Gasteiger partial charge in [-0.05, 0) is 66.1 Å². The topological polar surface area (TPSA) is 96.8 Å². The summed E-state index contributed by atoms with van der Waals surface area (Å²) in [5, 5.41) is 12.0. The number of benzene rings is 3. The van der Waals surface area contributed by atoms with Crippen LogP contribution in [0.3, 0.4) is 0 Å². The van der Waals surface area contributed by atoms with Crippen LogP contribution >= 0.6 is 22.9 Å². The van der Waals surface area contributed by atoms with Crippen LogP contribution in [0, 0.1) is 0 Å². The lowest BCUT2D eigenvalue weighted by atomic mass is 9.95. The zero-order chi connectivity index (χ0) is 26.3. The third-order valence-corrected chi connectivity index (χ3v) is 7.53. The Hall–Kier alpha value is -4.01. The fourth-order valence-corrected chi connectivity index (χ4v) is 5.49. The van der Waals surface area contributed by atoms with Crippen molar-refractivity contribution in [1.29, 1.82) is 0 Å². The Kier molecular flexibility index (Phi) is 6.54. The number of aromatic nitrogens is 1. The van der Waals surface area contributed by atoms with Gasteiger partial charge in [-0.25, -0.2) is 9.78 Å². The van der Waals surface area contributed by atoms with Gasteiger partial charge < -0.3 is 9.84 Å². The molecule has 1 N–H and O–H groups in total. The van der Waals surface area contributed by atoms with E-state index in [2.05, 4.69) is 11.9 Å². The van der Waals surface area contributed by atoms with Gasteiger partial charge in [-0.1, -0.05) is 48.1 Å². The molecule has 9 heteroatoms. The number of aliphatic hydroxyl groups is 1. The second-order valence-corrected chi connectivity index (χ2v) is 9.89. The van der Waals surface area contributed by atoms with E-state index in [0.717, 1.165) is 16.7 Å². The highest BCUT2D eigenvalue weighted by Crippen LogP contribution is 2.44. The number of thiazole rings is 1. The molecule has 1 aromatic heterocycles. The van der Waals surface area contributed by atoms with Gasteiger partial charge in [-0.3, -0.25) is 14.5 Å². The molecule has 3 aromatic carbocycles. The number of anilines is 1. The van der Waals surface area contributed by atoms with Crippen LogP contribution in [0.15, 0.2) is 72.3 Å². The Morgan fingerprint density at radius 1 is 1.05 bits per heavy atom. The summed E-state index contributed by atoms with van der Waals surface area (Å²) >= 11 is 7.29. The van der Waals surface area contributed by atoms with Crippen LogP contribution in [-0.2, 0) is 20.7 Å². The van der Waals surface area contributed by atoms with Gasteiger partial charge in [0.2, 0.25) is 0 Å².